The van der Waals surface area contributed by atoms with Crippen LogP contribution in [0.25, 0.3) is 0 Å². The number of aliphatic hydroxyl groups excluding tert-OH is 1. The van der Waals surface area contributed by atoms with Gasteiger partial charge < -0.3 is 5.11 Å². The van der Waals surface area contributed by atoms with Crippen LogP contribution in [-0.4, -0.2) is 23.5 Å². The van der Waals surface area contributed by atoms with Crippen molar-refractivity contribution >= 4 is 5.71 Å². The Kier molecular flexibility index (Phi) is 4.32. The normalized spacial score (nSPS) is 15.8. The molecule has 0 aliphatic heterocycles. The van der Waals surface area contributed by atoms with E-state index in [1.54, 1.807) is 0 Å². The van der Waals surface area contributed by atoms with E-state index in [1.165, 1.54) is 0 Å². The third-order valence-electron chi connectivity index (χ3n) is 1.28. The molecule has 0 saturated heterocycles. The molecule has 9 heavy (non-hydrogen) atoms. The highest BCUT2D eigenvalue weighted by atomic mass is 16.3. The van der Waals surface area contributed by atoms with E-state index in [1.807, 2.05) is 20.8 Å². The molecule has 0 aromatic heterocycles. The summed E-state index contributed by atoms with van der Waals surface area (Å²) in [6.07, 6.45) is 0.431. The van der Waals surface area contributed by atoms with Crippen molar-refractivity contribution in [3.63, 3.8) is 0 Å². The number of nitrogens with zero attached hydrogens (tertiary/aromatic N) is 1. The molecule has 0 bridgehead atoms. The van der Waals surface area contributed by atoms with E-state index < -0.39 is 0 Å². The lowest BCUT2D eigenvalue weighted by Gasteiger charge is -2.04. The third kappa shape index (κ3) is 3.25. The van der Waals surface area contributed by atoms with Crippen LogP contribution >= 0.6 is 0 Å². The molecule has 0 aliphatic carbocycles. The highest BCUT2D eigenvalue weighted by Gasteiger charge is 2.01. The Hall–Kier alpha value is -0.370. The van der Waals surface area contributed by atoms with Gasteiger partial charge in [0, 0.05) is 12.3 Å². The molecule has 0 rings (SSSR count). The van der Waals surface area contributed by atoms with E-state index in [4.69, 9.17) is 5.11 Å². The molecule has 2 heteroatoms. The van der Waals surface area contributed by atoms with Gasteiger partial charge in [0.2, 0.25) is 0 Å². The topological polar surface area (TPSA) is 32.6 Å². The molecule has 54 valence electrons. The van der Waals surface area contributed by atoms with Gasteiger partial charge in [-0.1, -0.05) is 6.92 Å². The van der Waals surface area contributed by atoms with E-state index in [0.29, 0.717) is 0 Å². The highest BCUT2D eigenvalue weighted by Crippen LogP contribution is 1.92. The standard InChI is InChI=1S/C7H15NO/c1-4-7(9)6(3)8-5-2/h7,9H,4-5H2,1-3H3. The molecule has 0 heterocycles. The van der Waals surface area contributed by atoms with Crippen LogP contribution in [0, 0.1) is 0 Å². The molecule has 0 spiro atoms. The summed E-state index contributed by atoms with van der Waals surface area (Å²) in [6.45, 7) is 6.53. The Labute approximate surface area is 56.6 Å². The molecule has 0 fully saturated rings. The van der Waals surface area contributed by atoms with Crippen LogP contribution < -0.4 is 0 Å². The van der Waals surface area contributed by atoms with Gasteiger partial charge in [0.1, 0.15) is 0 Å². The van der Waals surface area contributed by atoms with Gasteiger partial charge in [-0.25, -0.2) is 0 Å². The fourth-order valence-corrected chi connectivity index (χ4v) is 0.650. The van der Waals surface area contributed by atoms with Crippen molar-refractivity contribution in [2.45, 2.75) is 33.3 Å². The molecule has 1 unspecified atom stereocenters. The number of aliphatic hydroxyl groups is 1. The fourth-order valence-electron chi connectivity index (χ4n) is 0.650. The Morgan fingerprint density at radius 1 is 1.56 bits per heavy atom. The van der Waals surface area contributed by atoms with E-state index in [0.717, 1.165) is 18.7 Å². The van der Waals surface area contributed by atoms with Gasteiger partial charge in [-0.3, -0.25) is 4.99 Å². The zero-order chi connectivity index (χ0) is 7.28. The highest BCUT2D eigenvalue weighted by molar-refractivity contribution is 5.85. The molecule has 1 atom stereocenters. The second-order valence-corrected chi connectivity index (χ2v) is 2.04. The average molecular weight is 129 g/mol. The number of hydrogen-bond acceptors (Lipinski definition) is 2. The summed E-state index contributed by atoms with van der Waals surface area (Å²) < 4.78 is 0. The molecule has 0 aromatic rings. The van der Waals surface area contributed by atoms with E-state index in [-0.39, 0.29) is 6.10 Å². The van der Waals surface area contributed by atoms with Crippen LogP contribution in [0.4, 0.5) is 0 Å². The van der Waals surface area contributed by atoms with Crippen LogP contribution in [0.2, 0.25) is 0 Å². The van der Waals surface area contributed by atoms with Gasteiger partial charge in [-0.15, -0.1) is 0 Å². The maximum absolute atomic E-state index is 9.13. The lowest BCUT2D eigenvalue weighted by Crippen LogP contribution is -2.15. The summed E-state index contributed by atoms with van der Waals surface area (Å²) in [7, 11) is 0. The summed E-state index contributed by atoms with van der Waals surface area (Å²) in [4.78, 5) is 4.06. The third-order valence-corrected chi connectivity index (χ3v) is 1.28. The van der Waals surface area contributed by atoms with Gasteiger partial charge >= 0.3 is 0 Å². The number of hydrogen-bond donors (Lipinski definition) is 1. The van der Waals surface area contributed by atoms with Gasteiger partial charge in [0.15, 0.2) is 0 Å². The number of rotatable bonds is 3. The fraction of sp³-hybridized carbons (Fsp3) is 0.857. The molecule has 0 amide bonds. The predicted molar refractivity (Wildman–Crippen MR) is 39.9 cm³/mol. The van der Waals surface area contributed by atoms with Gasteiger partial charge in [-0.05, 0) is 20.3 Å². The van der Waals surface area contributed by atoms with Crippen molar-refractivity contribution in [3.05, 3.63) is 0 Å². The van der Waals surface area contributed by atoms with Crippen molar-refractivity contribution in [1.29, 1.82) is 0 Å². The monoisotopic (exact) mass is 129 g/mol. The lowest BCUT2D eigenvalue weighted by atomic mass is 10.2. The zero-order valence-electron chi connectivity index (χ0n) is 6.39. The minimum Gasteiger partial charge on any atom is -0.387 e. The SMILES string of the molecule is CCN=C(C)C(O)CC. The zero-order valence-corrected chi connectivity index (χ0v) is 6.39. The first-order chi connectivity index (χ1) is 4.22. The average Bonchev–Trinajstić information content (AvgIpc) is 1.87. The van der Waals surface area contributed by atoms with Crippen LogP contribution in [0.15, 0.2) is 4.99 Å². The largest absolute Gasteiger partial charge is 0.387 e. The molecule has 0 radical (unpaired) electrons. The molecule has 0 aliphatic rings. The maximum atomic E-state index is 9.13. The van der Waals surface area contributed by atoms with E-state index in [9.17, 15) is 0 Å². The van der Waals surface area contributed by atoms with E-state index in [2.05, 4.69) is 4.99 Å². The lowest BCUT2D eigenvalue weighted by molar-refractivity contribution is 0.236. The summed E-state index contributed by atoms with van der Waals surface area (Å²) in [5, 5.41) is 9.13. The van der Waals surface area contributed by atoms with Crippen molar-refractivity contribution in [2.75, 3.05) is 6.54 Å². The summed E-state index contributed by atoms with van der Waals surface area (Å²) in [5.41, 5.74) is 0.847. The first-order valence-electron chi connectivity index (χ1n) is 3.41. The Balaban J connectivity index is 3.70. The first kappa shape index (κ1) is 8.63. The van der Waals surface area contributed by atoms with Crippen molar-refractivity contribution < 1.29 is 5.11 Å². The van der Waals surface area contributed by atoms with Gasteiger partial charge in [0.05, 0.1) is 6.10 Å². The molecule has 2 nitrogen and oxygen atoms in total. The second-order valence-electron chi connectivity index (χ2n) is 2.04. The Bertz CT molecular complexity index is 99.1. The van der Waals surface area contributed by atoms with Crippen LogP contribution in [-0.2, 0) is 0 Å². The smallest absolute Gasteiger partial charge is 0.0911 e. The van der Waals surface area contributed by atoms with Gasteiger partial charge in [-0.2, -0.15) is 0 Å². The second kappa shape index (κ2) is 4.50. The molecule has 1 N–H and O–H groups in total. The quantitative estimate of drug-likeness (QED) is 0.571. The molecular weight excluding hydrogens is 114 g/mol. The van der Waals surface area contributed by atoms with Crippen LogP contribution in [0.1, 0.15) is 27.2 Å². The summed E-state index contributed by atoms with van der Waals surface area (Å²) in [5.74, 6) is 0. The maximum Gasteiger partial charge on any atom is 0.0911 e. The minimum absolute atomic E-state index is 0.329. The van der Waals surface area contributed by atoms with Crippen LogP contribution in [0.5, 0.6) is 0 Å². The Morgan fingerprint density at radius 2 is 2.11 bits per heavy atom. The first-order valence-corrected chi connectivity index (χ1v) is 3.41. The minimum atomic E-state index is -0.329. The molecular formula is C7H15NO. The summed E-state index contributed by atoms with van der Waals surface area (Å²) >= 11 is 0. The Morgan fingerprint density at radius 3 is 2.44 bits per heavy atom. The molecule has 0 saturated carbocycles. The van der Waals surface area contributed by atoms with E-state index >= 15 is 0 Å². The molecule has 0 aromatic carbocycles. The van der Waals surface area contributed by atoms with Crippen molar-refractivity contribution in [3.8, 4) is 0 Å². The van der Waals surface area contributed by atoms with Crippen LogP contribution in [0.3, 0.4) is 0 Å². The van der Waals surface area contributed by atoms with Crippen molar-refractivity contribution in [1.82, 2.24) is 0 Å². The number of aliphatic imine (C=N–C) groups is 1. The van der Waals surface area contributed by atoms with Gasteiger partial charge in [0.25, 0.3) is 0 Å². The summed E-state index contributed by atoms with van der Waals surface area (Å²) in [6, 6.07) is 0. The van der Waals surface area contributed by atoms with Crippen molar-refractivity contribution in [2.24, 2.45) is 4.99 Å². The predicted octanol–water partition coefficient (Wildman–Crippen LogP) is 1.24.